The van der Waals surface area contributed by atoms with Crippen LogP contribution in [0.1, 0.15) is 86.9 Å². The van der Waals surface area contributed by atoms with Crippen molar-refractivity contribution in [3.63, 3.8) is 0 Å². The van der Waals surface area contributed by atoms with E-state index in [-0.39, 0.29) is 37.4 Å². The lowest BCUT2D eigenvalue weighted by Crippen LogP contribution is -2.47. The van der Waals surface area contributed by atoms with Crippen molar-refractivity contribution in [1.29, 1.82) is 0 Å². The van der Waals surface area contributed by atoms with E-state index in [0.717, 1.165) is 17.6 Å². The van der Waals surface area contributed by atoms with E-state index in [1.165, 1.54) is 37.1 Å². The second-order valence-electron chi connectivity index (χ2n) is 12.9. The van der Waals surface area contributed by atoms with Gasteiger partial charge in [-0.25, -0.2) is 18.8 Å². The van der Waals surface area contributed by atoms with Crippen molar-refractivity contribution in [2.75, 3.05) is 20.7 Å². The number of ether oxygens (including phenoxy) is 2. The first kappa shape index (κ1) is 39.1. The minimum Gasteiger partial charge on any atom is -0.467 e. The number of alkyl carbamates (subject to hydrolysis) is 1. The molecule has 0 aliphatic carbocycles. The van der Waals surface area contributed by atoms with Crippen LogP contribution in [0.2, 0.25) is 0 Å². The summed E-state index contributed by atoms with van der Waals surface area (Å²) in [5, 5.41) is 2.48. The number of methoxy groups -OCH3 is 1. The van der Waals surface area contributed by atoms with Gasteiger partial charge in [-0.2, -0.15) is 26.3 Å². The summed E-state index contributed by atoms with van der Waals surface area (Å²) in [7, 11) is 2.45. The number of carbonyl (C=O) groups is 3. The minimum atomic E-state index is -5.06. The Labute approximate surface area is 280 Å². The smallest absolute Gasteiger partial charge is 0.416 e. The Morgan fingerprint density at radius 1 is 1.02 bits per heavy atom. The number of benzene rings is 2. The third-order valence-corrected chi connectivity index (χ3v) is 8.14. The Kier molecular flexibility index (Phi) is 12.0. The van der Waals surface area contributed by atoms with Crippen molar-refractivity contribution < 1.29 is 54.6 Å². The van der Waals surface area contributed by atoms with Crippen molar-refractivity contribution in [2.45, 2.75) is 90.0 Å². The van der Waals surface area contributed by atoms with Crippen molar-refractivity contribution in [3.05, 3.63) is 81.7 Å². The summed E-state index contributed by atoms with van der Waals surface area (Å²) in [6.45, 7) is 8.02. The van der Waals surface area contributed by atoms with Crippen LogP contribution in [0.15, 0.2) is 48.0 Å². The maximum atomic E-state index is 14.1. The van der Waals surface area contributed by atoms with Crippen LogP contribution in [0.3, 0.4) is 0 Å². The fourth-order valence-electron chi connectivity index (χ4n) is 5.49. The number of nitrogens with one attached hydrogen (secondary N) is 1. The van der Waals surface area contributed by atoms with Crippen molar-refractivity contribution in [3.8, 4) is 0 Å². The molecule has 1 fully saturated rings. The molecule has 3 atom stereocenters. The molecule has 1 aliphatic rings. The number of piperidine rings is 1. The van der Waals surface area contributed by atoms with E-state index >= 15 is 0 Å². The van der Waals surface area contributed by atoms with Gasteiger partial charge < -0.3 is 24.6 Å². The zero-order valence-electron chi connectivity index (χ0n) is 28.2. The maximum Gasteiger partial charge on any atom is 0.416 e. The third kappa shape index (κ3) is 10.3. The number of hydrogen-bond acceptors (Lipinski definition) is 5. The second kappa shape index (κ2) is 15.1. The predicted molar refractivity (Wildman–Crippen MR) is 166 cm³/mol. The Hall–Kier alpha value is -4.30. The number of hydrogen-bond donors (Lipinski definition) is 1. The molecule has 0 radical (unpaired) electrons. The van der Waals surface area contributed by atoms with Gasteiger partial charge in [0.1, 0.15) is 17.5 Å². The van der Waals surface area contributed by atoms with Gasteiger partial charge in [-0.05, 0) is 101 Å². The number of esters is 1. The number of amides is 3. The van der Waals surface area contributed by atoms with E-state index in [1.54, 1.807) is 33.8 Å². The molecule has 0 spiro atoms. The summed E-state index contributed by atoms with van der Waals surface area (Å²) in [5.74, 6) is -1.24. The Morgan fingerprint density at radius 3 is 2.12 bits per heavy atom. The maximum absolute atomic E-state index is 14.1. The van der Waals surface area contributed by atoms with Gasteiger partial charge in [-0.3, -0.25) is 0 Å². The molecule has 1 saturated heterocycles. The summed E-state index contributed by atoms with van der Waals surface area (Å²) in [6, 6.07) is 1.51. The summed E-state index contributed by atoms with van der Waals surface area (Å²) in [6.07, 6.45) is -8.74. The van der Waals surface area contributed by atoms with Crippen molar-refractivity contribution in [1.82, 2.24) is 15.1 Å². The highest BCUT2D eigenvalue weighted by molar-refractivity contribution is 5.81. The first-order valence-corrected chi connectivity index (χ1v) is 15.4. The first-order chi connectivity index (χ1) is 22.5. The molecule has 8 nitrogen and oxygen atoms in total. The van der Waals surface area contributed by atoms with E-state index < -0.39 is 71.1 Å². The van der Waals surface area contributed by atoms with E-state index in [4.69, 9.17) is 9.47 Å². The standard InChI is InChI=1S/C34H40F7N3O5/c1-19-14-25(35)9-10-26(19)28-15-21(8-11-27(29(45)48-7)42-30(46)49-32(3,4)5)12-13-44(28)31(47)43(6)20(2)22-16-23(33(36,37)38)18-24(17-22)34(39,40)41/h8-10,14,16-18,20,27-28H,11-13,15H2,1-7H3,(H,42,46)/b21-8+/t20-,27-,28-/m1/s1. The third-order valence-electron chi connectivity index (χ3n) is 8.14. The van der Waals surface area contributed by atoms with Gasteiger partial charge in [-0.15, -0.1) is 0 Å². The molecular formula is C34H40F7N3O5. The average molecular weight is 704 g/mol. The van der Waals surface area contributed by atoms with Gasteiger partial charge in [0.2, 0.25) is 0 Å². The van der Waals surface area contributed by atoms with Crippen LogP contribution < -0.4 is 5.32 Å². The molecule has 49 heavy (non-hydrogen) atoms. The first-order valence-electron chi connectivity index (χ1n) is 15.4. The Balaban J connectivity index is 1.94. The second-order valence-corrected chi connectivity index (χ2v) is 12.9. The lowest BCUT2D eigenvalue weighted by atomic mass is 9.88. The molecule has 3 rings (SSSR count). The number of urea groups is 1. The normalized spacial score (nSPS) is 17.7. The van der Waals surface area contributed by atoms with Crippen LogP contribution in [0, 0.1) is 12.7 Å². The highest BCUT2D eigenvalue weighted by Gasteiger charge is 2.39. The van der Waals surface area contributed by atoms with E-state index in [2.05, 4.69) is 5.32 Å². The van der Waals surface area contributed by atoms with Gasteiger partial charge in [0.15, 0.2) is 0 Å². The highest BCUT2D eigenvalue weighted by atomic mass is 19.4. The number of rotatable bonds is 7. The molecule has 0 bridgehead atoms. The van der Waals surface area contributed by atoms with Crippen LogP contribution in [0.25, 0.3) is 0 Å². The molecule has 1 heterocycles. The molecule has 0 aromatic heterocycles. The molecular weight excluding hydrogens is 663 g/mol. The van der Waals surface area contributed by atoms with Crippen molar-refractivity contribution in [2.24, 2.45) is 0 Å². The average Bonchev–Trinajstić information content (AvgIpc) is 2.99. The lowest BCUT2D eigenvalue weighted by molar-refractivity contribution is -0.144. The topological polar surface area (TPSA) is 88.2 Å². The van der Waals surface area contributed by atoms with E-state index in [1.807, 2.05) is 0 Å². The summed E-state index contributed by atoms with van der Waals surface area (Å²) in [5.41, 5.74) is -2.33. The van der Waals surface area contributed by atoms with Crippen LogP contribution >= 0.6 is 0 Å². The van der Waals surface area contributed by atoms with E-state index in [0.29, 0.717) is 23.3 Å². The Bertz CT molecular complexity index is 1530. The number of halogens is 7. The van der Waals surface area contributed by atoms with E-state index in [9.17, 15) is 45.1 Å². The molecule has 0 saturated carbocycles. The number of aryl methyl sites for hydroxylation is 1. The lowest BCUT2D eigenvalue weighted by Gasteiger charge is -2.41. The fraction of sp³-hybridized carbons (Fsp3) is 0.500. The minimum absolute atomic E-state index is 0.0122. The van der Waals surface area contributed by atoms with Crippen molar-refractivity contribution >= 4 is 18.1 Å². The van der Waals surface area contributed by atoms with Gasteiger partial charge >= 0.3 is 30.4 Å². The van der Waals surface area contributed by atoms with Gasteiger partial charge in [0.05, 0.1) is 30.3 Å². The summed E-state index contributed by atoms with van der Waals surface area (Å²) >= 11 is 0. The summed E-state index contributed by atoms with van der Waals surface area (Å²) in [4.78, 5) is 41.3. The molecule has 2 aromatic rings. The number of likely N-dealkylation sites (tertiary alicyclic amines) is 1. The Morgan fingerprint density at radius 2 is 1.61 bits per heavy atom. The molecule has 270 valence electrons. The molecule has 1 N–H and O–H groups in total. The fourth-order valence-corrected chi connectivity index (χ4v) is 5.49. The molecule has 2 aromatic carbocycles. The quantitative estimate of drug-likeness (QED) is 0.178. The van der Waals surface area contributed by atoms with Crippen LogP contribution in [-0.4, -0.2) is 60.2 Å². The van der Waals surface area contributed by atoms with Crippen LogP contribution in [0.4, 0.5) is 40.3 Å². The predicted octanol–water partition coefficient (Wildman–Crippen LogP) is 8.50. The molecule has 1 aliphatic heterocycles. The molecule has 3 amide bonds. The molecule has 15 heteroatoms. The zero-order valence-corrected chi connectivity index (χ0v) is 28.2. The zero-order chi connectivity index (χ0) is 37.1. The highest BCUT2D eigenvalue weighted by Crippen LogP contribution is 2.40. The van der Waals surface area contributed by atoms with Gasteiger partial charge in [0.25, 0.3) is 0 Å². The number of alkyl halides is 6. The van der Waals surface area contributed by atoms with Crippen LogP contribution in [0.5, 0.6) is 0 Å². The van der Waals surface area contributed by atoms with Gasteiger partial charge in [0, 0.05) is 13.6 Å². The number of carbonyl (C=O) groups excluding carboxylic acids is 3. The molecule has 0 unspecified atom stereocenters. The number of nitrogens with zero attached hydrogens (tertiary/aromatic N) is 2. The monoisotopic (exact) mass is 703 g/mol. The SMILES string of the molecule is COC(=O)[C@@H](C/C=C1\CCN(C(=O)N(C)[C@H](C)c2cc(C(F)(F)F)cc(C(F)(F)F)c2)[C@@H](c2ccc(F)cc2C)C1)NC(=O)OC(C)(C)C. The van der Waals surface area contributed by atoms with Gasteiger partial charge in [-0.1, -0.05) is 17.7 Å². The summed E-state index contributed by atoms with van der Waals surface area (Å²) < 4.78 is 105. The largest absolute Gasteiger partial charge is 0.467 e. The van der Waals surface area contributed by atoms with Crippen LogP contribution in [-0.2, 0) is 26.6 Å².